The molecule has 1 aliphatic carbocycles. The summed E-state index contributed by atoms with van der Waals surface area (Å²) in [5.74, 6) is -0.715. The van der Waals surface area contributed by atoms with Crippen LogP contribution in [0.25, 0.3) is 0 Å². The van der Waals surface area contributed by atoms with E-state index in [1.807, 2.05) is 0 Å². The quantitative estimate of drug-likeness (QED) is 0.581. The number of hydrogen-bond acceptors (Lipinski definition) is 4. The molecule has 0 aliphatic heterocycles. The third-order valence-corrected chi connectivity index (χ3v) is 5.25. The van der Waals surface area contributed by atoms with E-state index in [9.17, 15) is 14.7 Å². The molecule has 2 rings (SSSR count). The maximum atomic E-state index is 12.6. The van der Waals surface area contributed by atoms with E-state index in [0.29, 0.717) is 6.29 Å². The number of nitrogen functional groups attached to an aromatic ring is 1. The number of phenolic OH excluding ortho intramolecular Hbond substituents is 1. The van der Waals surface area contributed by atoms with Gasteiger partial charge >= 0.3 is 0 Å². The van der Waals surface area contributed by atoms with Crippen molar-refractivity contribution in [3.8, 4) is 5.75 Å². The molecule has 1 amide bonds. The number of nitrogens with one attached hydrogen (secondary N) is 1. The van der Waals surface area contributed by atoms with Crippen LogP contribution in [0.3, 0.4) is 0 Å². The van der Waals surface area contributed by atoms with Crippen LogP contribution in [0.1, 0.15) is 74.1 Å². The molecule has 0 aromatic heterocycles. The van der Waals surface area contributed by atoms with Gasteiger partial charge < -0.3 is 16.2 Å². The Morgan fingerprint density at radius 3 is 2.62 bits per heavy atom. The Labute approximate surface area is 143 Å². The minimum absolute atomic E-state index is 0.0370. The summed E-state index contributed by atoms with van der Waals surface area (Å²) in [6.07, 6.45) is 4.47. The molecule has 1 saturated carbocycles. The van der Waals surface area contributed by atoms with Crippen molar-refractivity contribution in [3.05, 3.63) is 23.3 Å². The lowest BCUT2D eigenvalue weighted by molar-refractivity contribution is 0.0606. The summed E-state index contributed by atoms with van der Waals surface area (Å²) in [5.41, 5.74) is 6.21. The van der Waals surface area contributed by atoms with Crippen molar-refractivity contribution in [1.29, 1.82) is 0 Å². The fourth-order valence-electron chi connectivity index (χ4n) is 4.20. The Morgan fingerprint density at radius 2 is 2.04 bits per heavy atom. The molecular formula is C19H28N2O3. The van der Waals surface area contributed by atoms with Crippen molar-refractivity contribution >= 4 is 17.9 Å². The molecule has 0 heterocycles. The lowest BCUT2D eigenvalue weighted by atomic mass is 9.61. The topological polar surface area (TPSA) is 92.4 Å². The first-order valence-electron chi connectivity index (χ1n) is 8.48. The van der Waals surface area contributed by atoms with Gasteiger partial charge in [0.05, 0.1) is 11.1 Å². The average molecular weight is 332 g/mol. The minimum Gasteiger partial charge on any atom is -0.506 e. The predicted molar refractivity (Wildman–Crippen MR) is 95.2 cm³/mol. The number of benzene rings is 1. The molecule has 0 saturated heterocycles. The molecule has 2 unspecified atom stereocenters. The number of aromatic hydroxyl groups is 1. The van der Waals surface area contributed by atoms with E-state index in [0.717, 1.165) is 25.7 Å². The first-order valence-corrected chi connectivity index (χ1v) is 8.48. The molecule has 2 atom stereocenters. The summed E-state index contributed by atoms with van der Waals surface area (Å²) in [4.78, 5) is 23.6. The van der Waals surface area contributed by atoms with E-state index < -0.39 is 0 Å². The number of carbonyl (C=O) groups excluding carboxylic acids is 2. The first-order chi connectivity index (χ1) is 11.1. The molecule has 4 N–H and O–H groups in total. The smallest absolute Gasteiger partial charge is 0.255 e. The summed E-state index contributed by atoms with van der Waals surface area (Å²) in [7, 11) is 0. The van der Waals surface area contributed by atoms with Crippen LogP contribution in [0.15, 0.2) is 12.1 Å². The van der Waals surface area contributed by atoms with Gasteiger partial charge in [-0.05, 0) is 42.2 Å². The molecule has 24 heavy (non-hydrogen) atoms. The van der Waals surface area contributed by atoms with Gasteiger partial charge in [-0.25, -0.2) is 0 Å². The molecule has 0 radical (unpaired) electrons. The molecular weight excluding hydrogens is 304 g/mol. The lowest BCUT2D eigenvalue weighted by Crippen LogP contribution is -2.46. The highest BCUT2D eigenvalue weighted by atomic mass is 16.3. The lowest BCUT2D eigenvalue weighted by Gasteiger charge is -2.46. The number of rotatable bonds is 4. The van der Waals surface area contributed by atoms with Gasteiger partial charge in [-0.1, -0.05) is 34.1 Å². The number of hydrogen-bond donors (Lipinski definition) is 3. The first kappa shape index (κ1) is 18.3. The van der Waals surface area contributed by atoms with Crippen LogP contribution in [0, 0.1) is 10.8 Å². The van der Waals surface area contributed by atoms with Gasteiger partial charge in [-0.2, -0.15) is 0 Å². The number of anilines is 1. The van der Waals surface area contributed by atoms with Crippen LogP contribution in [0.4, 0.5) is 5.69 Å². The van der Waals surface area contributed by atoms with Gasteiger partial charge in [-0.15, -0.1) is 0 Å². The summed E-state index contributed by atoms with van der Waals surface area (Å²) < 4.78 is 0. The van der Waals surface area contributed by atoms with E-state index >= 15 is 0 Å². The van der Waals surface area contributed by atoms with E-state index in [4.69, 9.17) is 5.73 Å². The highest BCUT2D eigenvalue weighted by molar-refractivity contribution is 6.01. The molecule has 1 fully saturated rings. The molecule has 1 aromatic rings. The second kappa shape index (κ2) is 6.46. The second-order valence-electron chi connectivity index (χ2n) is 8.17. The third-order valence-electron chi connectivity index (χ3n) is 5.25. The average Bonchev–Trinajstić information content (AvgIpc) is 2.45. The molecule has 1 aromatic carbocycles. The Balaban J connectivity index is 2.22. The van der Waals surface area contributed by atoms with Gasteiger partial charge in [0.2, 0.25) is 0 Å². The van der Waals surface area contributed by atoms with Crippen LogP contribution >= 0.6 is 0 Å². The van der Waals surface area contributed by atoms with Crippen LogP contribution < -0.4 is 11.1 Å². The number of carbonyl (C=O) groups is 2. The van der Waals surface area contributed by atoms with E-state index in [2.05, 4.69) is 33.0 Å². The van der Waals surface area contributed by atoms with Gasteiger partial charge in [0.25, 0.3) is 5.91 Å². The molecule has 5 nitrogen and oxygen atoms in total. The van der Waals surface area contributed by atoms with Crippen LogP contribution in [-0.2, 0) is 0 Å². The van der Waals surface area contributed by atoms with Gasteiger partial charge in [-0.3, -0.25) is 9.59 Å². The second-order valence-corrected chi connectivity index (χ2v) is 8.17. The molecule has 0 spiro atoms. The fourth-order valence-corrected chi connectivity index (χ4v) is 4.20. The Bertz CT molecular complexity index is 654. The minimum atomic E-state index is -0.364. The van der Waals surface area contributed by atoms with Gasteiger partial charge in [0.15, 0.2) is 6.29 Å². The zero-order valence-corrected chi connectivity index (χ0v) is 15.0. The Kier molecular flexibility index (Phi) is 4.92. The highest BCUT2D eigenvalue weighted by Crippen LogP contribution is 2.47. The summed E-state index contributed by atoms with van der Waals surface area (Å²) in [5, 5.41) is 13.2. The van der Waals surface area contributed by atoms with Crippen molar-refractivity contribution in [2.24, 2.45) is 10.8 Å². The molecule has 5 heteroatoms. The van der Waals surface area contributed by atoms with Crippen molar-refractivity contribution in [3.63, 3.8) is 0 Å². The largest absolute Gasteiger partial charge is 0.506 e. The Morgan fingerprint density at radius 1 is 1.38 bits per heavy atom. The summed E-state index contributed by atoms with van der Waals surface area (Å²) in [6.45, 7) is 8.90. The molecule has 132 valence electrons. The highest BCUT2D eigenvalue weighted by Gasteiger charge is 2.40. The zero-order chi connectivity index (χ0) is 18.1. The normalized spacial score (nSPS) is 25.9. The summed E-state index contributed by atoms with van der Waals surface area (Å²) in [6, 6.07) is 2.97. The predicted octanol–water partition coefficient (Wildman–Crippen LogP) is 3.51. The number of nitrogens with two attached hydrogens (primary N) is 1. The van der Waals surface area contributed by atoms with Crippen molar-refractivity contribution < 1.29 is 14.7 Å². The SMILES string of the molecule is CCC1(C)CC(NC(=O)c2ccc(N)c(C=O)c2O)CC(C)(C)C1. The van der Waals surface area contributed by atoms with Crippen molar-refractivity contribution in [1.82, 2.24) is 5.32 Å². The van der Waals surface area contributed by atoms with Crippen molar-refractivity contribution in [2.75, 3.05) is 5.73 Å². The van der Waals surface area contributed by atoms with E-state index in [-0.39, 0.29) is 45.3 Å². The maximum Gasteiger partial charge on any atom is 0.255 e. The Hall–Kier alpha value is -2.04. The number of phenols is 1. The monoisotopic (exact) mass is 332 g/mol. The standard InChI is InChI=1S/C19H28N2O3/c1-5-19(4)9-12(8-18(2,3)11-19)21-17(24)13-6-7-15(20)14(10-22)16(13)23/h6-7,10,12,23H,5,8-9,11,20H2,1-4H3,(H,21,24). The number of amides is 1. The van der Waals surface area contributed by atoms with Crippen LogP contribution in [-0.4, -0.2) is 23.3 Å². The van der Waals surface area contributed by atoms with Crippen LogP contribution in [0.2, 0.25) is 0 Å². The van der Waals surface area contributed by atoms with E-state index in [1.54, 1.807) is 0 Å². The van der Waals surface area contributed by atoms with Crippen molar-refractivity contribution in [2.45, 2.75) is 59.4 Å². The summed E-state index contributed by atoms with van der Waals surface area (Å²) >= 11 is 0. The van der Waals surface area contributed by atoms with Crippen LogP contribution in [0.5, 0.6) is 5.75 Å². The fraction of sp³-hybridized carbons (Fsp3) is 0.579. The molecule has 0 bridgehead atoms. The zero-order valence-electron chi connectivity index (χ0n) is 15.0. The van der Waals surface area contributed by atoms with Gasteiger partial charge in [0, 0.05) is 11.7 Å². The van der Waals surface area contributed by atoms with Gasteiger partial charge in [0.1, 0.15) is 5.75 Å². The number of aldehydes is 1. The molecule has 1 aliphatic rings. The van der Waals surface area contributed by atoms with E-state index in [1.165, 1.54) is 12.1 Å². The maximum absolute atomic E-state index is 12.6. The third kappa shape index (κ3) is 3.71.